The second-order valence-electron chi connectivity index (χ2n) is 10.3. The van der Waals surface area contributed by atoms with Crippen LogP contribution >= 0.6 is 0 Å². The lowest BCUT2D eigenvalue weighted by atomic mass is 10.0. The minimum Gasteiger partial charge on any atom is -0.481 e. The van der Waals surface area contributed by atoms with Crippen LogP contribution in [-0.4, -0.2) is 67.6 Å². The maximum Gasteiger partial charge on any atom is 0.212 e. The van der Waals surface area contributed by atoms with Gasteiger partial charge in [0.25, 0.3) is 0 Å². The van der Waals surface area contributed by atoms with Crippen molar-refractivity contribution in [2.45, 2.75) is 26.4 Å². The Morgan fingerprint density at radius 2 is 1.75 bits per heavy atom. The highest BCUT2D eigenvalue weighted by Gasteiger charge is 2.20. The molecule has 5 aromatic rings. The van der Waals surface area contributed by atoms with E-state index in [0.717, 1.165) is 66.3 Å². The molecule has 1 saturated heterocycles. The Hall–Kier alpha value is -4.75. The summed E-state index contributed by atoms with van der Waals surface area (Å²) in [5.74, 6) is 1.59. The van der Waals surface area contributed by atoms with Crippen LogP contribution in [0.4, 0.5) is 5.82 Å². The SMILES string of the molecule is COc1ccc(CN2CCN(c3ccc(-c4cc(-c5cnn(C(C)C)c5)cn5ncc(C#N)c45)cn3)CC2)cn1. The molecule has 0 N–H and O–H groups in total. The van der Waals surface area contributed by atoms with Gasteiger partial charge in [-0.3, -0.25) is 9.58 Å². The van der Waals surface area contributed by atoms with Crippen LogP contribution in [0.25, 0.3) is 27.8 Å². The number of nitrogens with zero attached hydrogens (tertiary/aromatic N) is 9. The van der Waals surface area contributed by atoms with Gasteiger partial charge >= 0.3 is 0 Å². The normalized spacial score (nSPS) is 14.1. The number of aromatic nitrogens is 6. The van der Waals surface area contributed by atoms with Crippen LogP contribution in [0.15, 0.2) is 67.5 Å². The third kappa shape index (κ3) is 4.99. The van der Waals surface area contributed by atoms with Crippen molar-refractivity contribution in [3.63, 3.8) is 0 Å². The Bertz CT molecular complexity index is 1650. The Balaban J connectivity index is 1.21. The van der Waals surface area contributed by atoms with Crippen molar-refractivity contribution >= 4 is 11.3 Å². The molecular weight excluding hydrogens is 502 g/mol. The van der Waals surface area contributed by atoms with E-state index < -0.39 is 0 Å². The van der Waals surface area contributed by atoms with Gasteiger partial charge in [-0.15, -0.1) is 0 Å². The summed E-state index contributed by atoms with van der Waals surface area (Å²) in [5, 5.41) is 18.7. The maximum atomic E-state index is 9.75. The van der Waals surface area contributed by atoms with E-state index in [1.807, 2.05) is 41.7 Å². The number of piperazine rings is 1. The van der Waals surface area contributed by atoms with Crippen molar-refractivity contribution < 1.29 is 4.74 Å². The predicted molar refractivity (Wildman–Crippen MR) is 153 cm³/mol. The molecule has 0 radical (unpaired) electrons. The minimum atomic E-state index is 0.268. The first kappa shape index (κ1) is 25.5. The fraction of sp³-hybridized carbons (Fsp3) is 0.300. The largest absolute Gasteiger partial charge is 0.481 e. The van der Waals surface area contributed by atoms with Gasteiger partial charge in [0.1, 0.15) is 11.9 Å². The standard InChI is InChI=1S/C30H31N9O/c1-21(2)38-20-26(17-34-38)24-12-27(30-25(13-31)16-35-39(30)19-24)23-5-6-28(32-15-23)37-10-8-36(9-11-37)18-22-4-7-29(40-3)33-14-22/h4-7,12,14-17,19-21H,8-11,18H2,1-3H3. The molecule has 10 heteroatoms. The highest BCUT2D eigenvalue weighted by molar-refractivity contribution is 5.87. The van der Waals surface area contributed by atoms with E-state index in [0.29, 0.717) is 11.4 Å². The molecule has 5 aromatic heterocycles. The number of anilines is 1. The van der Waals surface area contributed by atoms with Crippen molar-refractivity contribution in [2.75, 3.05) is 38.2 Å². The topological polar surface area (TPSA) is 100 Å². The average molecular weight is 534 g/mol. The summed E-state index contributed by atoms with van der Waals surface area (Å²) >= 11 is 0. The third-order valence-corrected chi connectivity index (χ3v) is 7.36. The molecule has 6 heterocycles. The van der Waals surface area contributed by atoms with Gasteiger partial charge in [0.05, 0.1) is 30.6 Å². The summed E-state index contributed by atoms with van der Waals surface area (Å²) < 4.78 is 8.88. The summed E-state index contributed by atoms with van der Waals surface area (Å²) in [4.78, 5) is 13.9. The van der Waals surface area contributed by atoms with E-state index >= 15 is 0 Å². The number of ether oxygens (including phenoxy) is 1. The van der Waals surface area contributed by atoms with Crippen LogP contribution in [0.3, 0.4) is 0 Å². The highest BCUT2D eigenvalue weighted by atomic mass is 16.5. The molecule has 1 fully saturated rings. The van der Waals surface area contributed by atoms with Gasteiger partial charge in [0.2, 0.25) is 5.88 Å². The molecule has 1 aliphatic heterocycles. The molecule has 1 aliphatic rings. The van der Waals surface area contributed by atoms with Crippen molar-refractivity contribution in [3.8, 4) is 34.2 Å². The van der Waals surface area contributed by atoms with Gasteiger partial charge in [-0.05, 0) is 37.6 Å². The number of fused-ring (bicyclic) bond motifs is 1. The van der Waals surface area contributed by atoms with Crippen LogP contribution in [-0.2, 0) is 6.54 Å². The molecule has 0 aromatic carbocycles. The Morgan fingerprint density at radius 1 is 0.900 bits per heavy atom. The molecular formula is C30H31N9O. The summed E-state index contributed by atoms with van der Waals surface area (Å²) in [6, 6.07) is 12.8. The molecule has 40 heavy (non-hydrogen) atoms. The molecule has 202 valence electrons. The van der Waals surface area contributed by atoms with E-state index in [4.69, 9.17) is 9.72 Å². The minimum absolute atomic E-state index is 0.268. The predicted octanol–water partition coefficient (Wildman–Crippen LogP) is 4.44. The molecule has 10 nitrogen and oxygen atoms in total. The molecule has 6 rings (SSSR count). The van der Waals surface area contributed by atoms with Crippen LogP contribution in [0.2, 0.25) is 0 Å². The average Bonchev–Trinajstić information content (AvgIpc) is 3.66. The molecule has 0 spiro atoms. The Morgan fingerprint density at radius 3 is 2.40 bits per heavy atom. The van der Waals surface area contributed by atoms with E-state index in [9.17, 15) is 5.26 Å². The zero-order chi connectivity index (χ0) is 27.6. The number of hydrogen-bond donors (Lipinski definition) is 0. The van der Waals surface area contributed by atoms with Crippen LogP contribution in [0, 0.1) is 11.3 Å². The van der Waals surface area contributed by atoms with Crippen LogP contribution in [0.5, 0.6) is 5.88 Å². The number of rotatable bonds is 7. The second-order valence-corrected chi connectivity index (χ2v) is 10.3. The van der Waals surface area contributed by atoms with Gasteiger partial charge < -0.3 is 9.64 Å². The van der Waals surface area contributed by atoms with Crippen molar-refractivity contribution in [1.82, 2.24) is 34.3 Å². The van der Waals surface area contributed by atoms with E-state index in [2.05, 4.69) is 69.2 Å². The quantitative estimate of drug-likeness (QED) is 0.303. The molecule has 0 saturated carbocycles. The fourth-order valence-corrected chi connectivity index (χ4v) is 5.10. The van der Waals surface area contributed by atoms with Crippen molar-refractivity contribution in [1.29, 1.82) is 5.26 Å². The van der Waals surface area contributed by atoms with E-state index in [1.54, 1.807) is 17.8 Å². The Labute approximate surface area is 233 Å². The van der Waals surface area contributed by atoms with Gasteiger partial charge in [-0.25, -0.2) is 14.5 Å². The van der Waals surface area contributed by atoms with E-state index in [1.165, 1.54) is 5.56 Å². The third-order valence-electron chi connectivity index (χ3n) is 7.36. The molecule has 0 atom stereocenters. The first-order chi connectivity index (χ1) is 19.5. The first-order valence-corrected chi connectivity index (χ1v) is 13.4. The lowest BCUT2D eigenvalue weighted by Crippen LogP contribution is -2.46. The molecule has 0 bridgehead atoms. The number of methoxy groups -OCH3 is 1. The van der Waals surface area contributed by atoms with Crippen molar-refractivity contribution in [3.05, 3.63) is 78.6 Å². The van der Waals surface area contributed by atoms with Crippen molar-refractivity contribution in [2.24, 2.45) is 0 Å². The maximum absolute atomic E-state index is 9.75. The lowest BCUT2D eigenvalue weighted by Gasteiger charge is -2.35. The van der Waals surface area contributed by atoms with Gasteiger partial charge in [-0.1, -0.05) is 6.07 Å². The van der Waals surface area contributed by atoms with E-state index in [-0.39, 0.29) is 6.04 Å². The zero-order valence-electron chi connectivity index (χ0n) is 22.9. The number of pyridine rings is 3. The lowest BCUT2D eigenvalue weighted by molar-refractivity contribution is 0.249. The Kier molecular flexibility index (Phi) is 6.88. The summed E-state index contributed by atoms with van der Waals surface area (Å²) in [7, 11) is 1.63. The molecule has 0 aliphatic carbocycles. The van der Waals surface area contributed by atoms with Gasteiger partial charge in [0.15, 0.2) is 0 Å². The summed E-state index contributed by atoms with van der Waals surface area (Å²) in [5.41, 5.74) is 6.33. The monoisotopic (exact) mass is 533 g/mol. The van der Waals surface area contributed by atoms with Crippen LogP contribution < -0.4 is 9.64 Å². The number of hydrogen-bond acceptors (Lipinski definition) is 8. The van der Waals surface area contributed by atoms with Gasteiger partial charge in [0, 0.05) is 91.9 Å². The molecule has 0 amide bonds. The summed E-state index contributed by atoms with van der Waals surface area (Å²) in [6.45, 7) is 8.76. The first-order valence-electron chi connectivity index (χ1n) is 13.4. The fourth-order valence-electron chi connectivity index (χ4n) is 5.10. The second kappa shape index (κ2) is 10.8. The molecule has 0 unspecified atom stereocenters. The zero-order valence-corrected chi connectivity index (χ0v) is 22.9. The van der Waals surface area contributed by atoms with Gasteiger partial charge in [-0.2, -0.15) is 15.5 Å². The summed E-state index contributed by atoms with van der Waals surface area (Å²) in [6.07, 6.45) is 11.2. The number of nitriles is 1. The van der Waals surface area contributed by atoms with Crippen LogP contribution in [0.1, 0.15) is 31.0 Å². The smallest absolute Gasteiger partial charge is 0.212 e. The highest BCUT2D eigenvalue weighted by Crippen LogP contribution is 2.32.